The fourth-order valence-corrected chi connectivity index (χ4v) is 3.13. The molecule has 0 aliphatic carbocycles. The first kappa shape index (κ1) is 18.6. The highest BCUT2D eigenvalue weighted by Gasteiger charge is 2.13. The molecule has 2 aromatic heterocycles. The number of amides is 1. The van der Waals surface area contributed by atoms with Gasteiger partial charge in [-0.15, -0.1) is 0 Å². The zero-order valence-electron chi connectivity index (χ0n) is 16.1. The van der Waals surface area contributed by atoms with E-state index in [1.807, 2.05) is 48.5 Å². The number of fused-ring (bicyclic) bond motifs is 1. The summed E-state index contributed by atoms with van der Waals surface area (Å²) < 4.78 is 0. The fourth-order valence-electron chi connectivity index (χ4n) is 3.13. The molecule has 144 valence electrons. The van der Waals surface area contributed by atoms with Gasteiger partial charge in [-0.2, -0.15) is 0 Å². The van der Waals surface area contributed by atoms with E-state index in [4.69, 9.17) is 0 Å². The highest BCUT2D eigenvalue weighted by molar-refractivity contribution is 6.08. The fraction of sp³-hybridized carbons (Fsp3) is 0.130. The van der Waals surface area contributed by atoms with Crippen LogP contribution in [0.25, 0.3) is 10.9 Å². The predicted molar refractivity (Wildman–Crippen MR) is 115 cm³/mol. The molecule has 0 unspecified atom stereocenters. The number of nitrogens with zero attached hydrogens (tertiary/aromatic N) is 4. The van der Waals surface area contributed by atoms with E-state index in [2.05, 4.69) is 44.2 Å². The van der Waals surface area contributed by atoms with E-state index < -0.39 is 0 Å². The van der Waals surface area contributed by atoms with Gasteiger partial charge in [0.15, 0.2) is 0 Å². The Morgan fingerprint density at radius 2 is 1.69 bits per heavy atom. The van der Waals surface area contributed by atoms with Crippen LogP contribution in [0.1, 0.15) is 22.8 Å². The van der Waals surface area contributed by atoms with Crippen molar-refractivity contribution in [2.24, 2.45) is 0 Å². The van der Waals surface area contributed by atoms with Gasteiger partial charge in [0.05, 0.1) is 16.8 Å². The van der Waals surface area contributed by atoms with Gasteiger partial charge in [0.25, 0.3) is 5.91 Å². The zero-order chi connectivity index (χ0) is 20.1. The summed E-state index contributed by atoms with van der Waals surface area (Å²) in [6, 6.07) is 19.7. The number of hydrogen-bond acceptors (Lipinski definition) is 5. The highest BCUT2D eigenvalue weighted by atomic mass is 16.1. The lowest BCUT2D eigenvalue weighted by Gasteiger charge is -2.20. The molecular formula is C23H21N5O. The number of carbonyl (C=O) groups is 1. The summed E-state index contributed by atoms with van der Waals surface area (Å²) in [5, 5.41) is 3.88. The van der Waals surface area contributed by atoms with Crippen molar-refractivity contribution in [3.8, 4) is 0 Å². The summed E-state index contributed by atoms with van der Waals surface area (Å²) in [6.45, 7) is 3.53. The maximum Gasteiger partial charge on any atom is 0.258 e. The van der Waals surface area contributed by atoms with E-state index in [-0.39, 0.29) is 5.91 Å². The molecule has 0 atom stereocenters. The molecule has 1 N–H and O–H groups in total. The summed E-state index contributed by atoms with van der Waals surface area (Å²) in [5.41, 5.74) is 3.00. The molecule has 0 saturated carbocycles. The molecule has 0 bridgehead atoms. The monoisotopic (exact) mass is 383 g/mol. The van der Waals surface area contributed by atoms with Gasteiger partial charge in [0.2, 0.25) is 5.95 Å². The molecule has 1 amide bonds. The van der Waals surface area contributed by atoms with Crippen LogP contribution in [0.15, 0.2) is 79.3 Å². The van der Waals surface area contributed by atoms with Gasteiger partial charge in [0.1, 0.15) is 0 Å². The number of para-hydroxylation sites is 1. The minimum atomic E-state index is -0.263. The third-order valence-corrected chi connectivity index (χ3v) is 4.66. The van der Waals surface area contributed by atoms with Crippen molar-refractivity contribution in [1.29, 1.82) is 0 Å². The summed E-state index contributed by atoms with van der Waals surface area (Å²) in [6.07, 6.45) is 4.83. The number of nitrogens with one attached hydrogen (secondary N) is 1. The molecule has 0 saturated heterocycles. The van der Waals surface area contributed by atoms with Gasteiger partial charge >= 0.3 is 0 Å². The van der Waals surface area contributed by atoms with Crippen LogP contribution in [0, 0.1) is 0 Å². The molecule has 2 heterocycles. The third-order valence-electron chi connectivity index (χ3n) is 4.66. The van der Waals surface area contributed by atoms with E-state index >= 15 is 0 Å². The Morgan fingerprint density at radius 1 is 0.931 bits per heavy atom. The van der Waals surface area contributed by atoms with Crippen LogP contribution >= 0.6 is 0 Å². The average molecular weight is 383 g/mol. The number of benzene rings is 2. The second-order valence-electron chi connectivity index (χ2n) is 6.61. The van der Waals surface area contributed by atoms with Crippen LogP contribution in [0.2, 0.25) is 0 Å². The second kappa shape index (κ2) is 8.48. The molecule has 6 heteroatoms. The minimum absolute atomic E-state index is 0.263. The van der Waals surface area contributed by atoms with E-state index in [9.17, 15) is 4.79 Å². The Balaban J connectivity index is 1.50. The first-order chi connectivity index (χ1) is 14.2. The summed E-state index contributed by atoms with van der Waals surface area (Å²) in [4.78, 5) is 27.9. The van der Waals surface area contributed by atoms with Crippen LogP contribution in [0.4, 0.5) is 11.6 Å². The predicted octanol–water partition coefficient (Wildman–Crippen LogP) is 4.30. The van der Waals surface area contributed by atoms with Crippen molar-refractivity contribution in [2.75, 3.05) is 16.8 Å². The lowest BCUT2D eigenvalue weighted by atomic mass is 10.2. The number of anilines is 2. The molecule has 4 aromatic rings. The Hall–Kier alpha value is -3.80. The Bertz CT molecular complexity index is 1110. The van der Waals surface area contributed by atoms with E-state index in [1.54, 1.807) is 18.6 Å². The molecule has 0 aliphatic heterocycles. The zero-order valence-corrected chi connectivity index (χ0v) is 16.1. The molecular weight excluding hydrogens is 362 g/mol. The average Bonchev–Trinajstić information content (AvgIpc) is 2.78. The maximum absolute atomic E-state index is 12.7. The van der Waals surface area contributed by atoms with Gasteiger partial charge in [-0.25, -0.2) is 9.97 Å². The Morgan fingerprint density at radius 3 is 2.45 bits per heavy atom. The van der Waals surface area contributed by atoms with Crippen molar-refractivity contribution in [1.82, 2.24) is 15.0 Å². The first-order valence-corrected chi connectivity index (χ1v) is 9.50. The number of carbonyl (C=O) groups excluding carboxylic acids is 1. The van der Waals surface area contributed by atoms with E-state index in [0.717, 1.165) is 17.4 Å². The van der Waals surface area contributed by atoms with Crippen LogP contribution in [-0.2, 0) is 6.54 Å². The molecule has 2 aromatic carbocycles. The van der Waals surface area contributed by atoms with Gasteiger partial charge in [-0.3, -0.25) is 9.78 Å². The highest BCUT2D eigenvalue weighted by Crippen LogP contribution is 2.21. The molecule has 0 fully saturated rings. The lowest BCUT2D eigenvalue weighted by molar-refractivity contribution is 0.102. The molecule has 6 nitrogen and oxygen atoms in total. The van der Waals surface area contributed by atoms with Gasteiger partial charge in [0, 0.05) is 37.1 Å². The van der Waals surface area contributed by atoms with Crippen LogP contribution in [0.5, 0.6) is 0 Å². The topological polar surface area (TPSA) is 71.0 Å². The summed E-state index contributed by atoms with van der Waals surface area (Å²) in [7, 11) is 0. The number of aromatic nitrogens is 3. The number of pyridine rings is 1. The molecule has 0 aliphatic rings. The molecule has 4 rings (SSSR count). The van der Waals surface area contributed by atoms with Gasteiger partial charge in [-0.05, 0) is 24.6 Å². The standard InChI is InChI=1S/C23H21N5O/c1-2-28(16-17-8-4-3-5-9-17)23-25-14-19(15-26-23)22(29)27-20-12-6-10-18-11-7-13-24-21(18)20/h3-15H,2,16H2,1H3,(H,27,29). The largest absolute Gasteiger partial charge is 0.337 e. The lowest BCUT2D eigenvalue weighted by Crippen LogP contribution is -2.24. The number of rotatable bonds is 6. The summed E-state index contributed by atoms with van der Waals surface area (Å²) >= 11 is 0. The van der Waals surface area contributed by atoms with Crippen molar-refractivity contribution in [3.63, 3.8) is 0 Å². The van der Waals surface area contributed by atoms with Crippen LogP contribution in [0.3, 0.4) is 0 Å². The SMILES string of the molecule is CCN(Cc1ccccc1)c1ncc(C(=O)Nc2cccc3cccnc23)cn1. The van der Waals surface area contributed by atoms with Crippen molar-refractivity contribution < 1.29 is 4.79 Å². The van der Waals surface area contributed by atoms with Crippen molar-refractivity contribution >= 4 is 28.4 Å². The first-order valence-electron chi connectivity index (χ1n) is 9.50. The smallest absolute Gasteiger partial charge is 0.258 e. The molecule has 29 heavy (non-hydrogen) atoms. The van der Waals surface area contributed by atoms with Gasteiger partial charge in [-0.1, -0.05) is 48.5 Å². The van der Waals surface area contributed by atoms with Crippen LogP contribution in [-0.4, -0.2) is 27.4 Å². The minimum Gasteiger partial charge on any atom is -0.337 e. The quantitative estimate of drug-likeness (QED) is 0.537. The normalized spacial score (nSPS) is 10.7. The number of hydrogen-bond donors (Lipinski definition) is 1. The van der Waals surface area contributed by atoms with Crippen molar-refractivity contribution in [2.45, 2.75) is 13.5 Å². The summed E-state index contributed by atoms with van der Waals surface area (Å²) in [5.74, 6) is 0.334. The van der Waals surface area contributed by atoms with Crippen molar-refractivity contribution in [3.05, 3.63) is 90.4 Å². The van der Waals surface area contributed by atoms with Crippen LogP contribution < -0.4 is 10.2 Å². The second-order valence-corrected chi connectivity index (χ2v) is 6.61. The molecule has 0 radical (unpaired) electrons. The Kier molecular flexibility index (Phi) is 5.42. The Labute approximate surface area is 169 Å². The van der Waals surface area contributed by atoms with Gasteiger partial charge < -0.3 is 10.2 Å². The van der Waals surface area contributed by atoms with E-state index in [1.165, 1.54) is 5.56 Å². The molecule has 0 spiro atoms. The van der Waals surface area contributed by atoms with E-state index in [0.29, 0.717) is 23.7 Å². The maximum atomic E-state index is 12.7. The third kappa shape index (κ3) is 4.21.